The van der Waals surface area contributed by atoms with Crippen LogP contribution in [-0.4, -0.2) is 23.2 Å². The molecule has 0 spiro atoms. The van der Waals surface area contributed by atoms with Gasteiger partial charge < -0.3 is 15.8 Å². The van der Waals surface area contributed by atoms with Gasteiger partial charge in [0.2, 0.25) is 0 Å². The molecule has 1 aromatic rings. The normalized spacial score (nSPS) is 12.9. The molecule has 0 aliphatic heterocycles. The van der Waals surface area contributed by atoms with Crippen LogP contribution in [0.4, 0.5) is 4.79 Å². The summed E-state index contributed by atoms with van der Waals surface area (Å²) in [6.45, 7) is 7.44. The van der Waals surface area contributed by atoms with E-state index in [0.717, 1.165) is 5.69 Å². The molecule has 1 rings (SSSR count). The van der Waals surface area contributed by atoms with E-state index in [1.807, 2.05) is 13.0 Å². The molecule has 0 aromatic carbocycles. The molecular weight excluding hydrogens is 266 g/mol. The molecule has 1 aromatic heterocycles. The Morgan fingerprint density at radius 3 is 2.63 bits per heavy atom. The van der Waals surface area contributed by atoms with Crippen molar-refractivity contribution in [1.82, 2.24) is 10.3 Å². The lowest BCUT2D eigenvalue weighted by atomic mass is 10.1. The Kier molecular flexibility index (Phi) is 5.14. The minimum Gasteiger partial charge on any atom is -0.444 e. The first-order chi connectivity index (χ1) is 8.73. The fraction of sp³-hybridized carbons (Fsp3) is 0.538. The fourth-order valence-electron chi connectivity index (χ4n) is 1.51. The Labute approximate surface area is 118 Å². The summed E-state index contributed by atoms with van der Waals surface area (Å²) in [4.78, 5) is 15.9. The van der Waals surface area contributed by atoms with Crippen molar-refractivity contribution < 1.29 is 9.53 Å². The van der Waals surface area contributed by atoms with Gasteiger partial charge in [0.25, 0.3) is 0 Å². The molecule has 0 radical (unpaired) electrons. The molecule has 0 aliphatic rings. The van der Waals surface area contributed by atoms with Gasteiger partial charge in [0.15, 0.2) is 0 Å². The van der Waals surface area contributed by atoms with Crippen LogP contribution in [0.1, 0.15) is 38.1 Å². The number of carbonyl (C=O) groups is 1. The SMILES string of the molecule is Cc1ccc(C(CN)NC(=O)OC(C)(C)C)c(Cl)n1. The summed E-state index contributed by atoms with van der Waals surface area (Å²) >= 11 is 6.06. The number of ether oxygens (including phenoxy) is 1. The van der Waals surface area contributed by atoms with Gasteiger partial charge in [-0.05, 0) is 33.8 Å². The zero-order chi connectivity index (χ0) is 14.6. The number of pyridine rings is 1. The molecule has 0 saturated heterocycles. The number of nitrogens with zero attached hydrogens (tertiary/aromatic N) is 1. The van der Waals surface area contributed by atoms with Gasteiger partial charge >= 0.3 is 6.09 Å². The molecule has 0 bridgehead atoms. The van der Waals surface area contributed by atoms with Crippen LogP contribution < -0.4 is 11.1 Å². The van der Waals surface area contributed by atoms with Crippen LogP contribution in [0.3, 0.4) is 0 Å². The van der Waals surface area contributed by atoms with Gasteiger partial charge in [-0.15, -0.1) is 0 Å². The van der Waals surface area contributed by atoms with Gasteiger partial charge in [-0.3, -0.25) is 0 Å². The number of rotatable bonds is 3. The van der Waals surface area contributed by atoms with E-state index < -0.39 is 17.7 Å². The maximum Gasteiger partial charge on any atom is 0.408 e. The van der Waals surface area contributed by atoms with Crippen molar-refractivity contribution in [2.75, 3.05) is 6.54 Å². The summed E-state index contributed by atoms with van der Waals surface area (Å²) in [5.74, 6) is 0. The van der Waals surface area contributed by atoms with Gasteiger partial charge in [0.1, 0.15) is 10.8 Å². The smallest absolute Gasteiger partial charge is 0.408 e. The highest BCUT2D eigenvalue weighted by Crippen LogP contribution is 2.21. The second kappa shape index (κ2) is 6.21. The molecule has 106 valence electrons. The maximum atomic E-state index is 11.7. The van der Waals surface area contributed by atoms with Crippen molar-refractivity contribution in [2.24, 2.45) is 5.73 Å². The average molecular weight is 286 g/mol. The third-order valence-corrected chi connectivity index (χ3v) is 2.62. The zero-order valence-electron chi connectivity index (χ0n) is 11.7. The first kappa shape index (κ1) is 15.7. The van der Waals surface area contributed by atoms with Crippen LogP contribution in [-0.2, 0) is 4.74 Å². The van der Waals surface area contributed by atoms with Crippen LogP contribution in [0.15, 0.2) is 12.1 Å². The van der Waals surface area contributed by atoms with E-state index in [1.54, 1.807) is 26.8 Å². The summed E-state index contributed by atoms with van der Waals surface area (Å²) in [7, 11) is 0. The summed E-state index contributed by atoms with van der Waals surface area (Å²) < 4.78 is 5.19. The second-order valence-electron chi connectivity index (χ2n) is 5.27. The third kappa shape index (κ3) is 5.04. The maximum absolute atomic E-state index is 11.7. The number of nitrogens with two attached hydrogens (primary N) is 1. The molecule has 0 aliphatic carbocycles. The fourth-order valence-corrected chi connectivity index (χ4v) is 1.84. The van der Waals surface area contributed by atoms with Crippen LogP contribution in [0.5, 0.6) is 0 Å². The predicted molar refractivity (Wildman–Crippen MR) is 75.1 cm³/mol. The number of halogens is 1. The quantitative estimate of drug-likeness (QED) is 0.837. The average Bonchev–Trinajstić information content (AvgIpc) is 2.24. The number of amides is 1. The molecule has 1 atom stereocenters. The highest BCUT2D eigenvalue weighted by molar-refractivity contribution is 6.30. The number of hydrogen-bond donors (Lipinski definition) is 2. The Hall–Kier alpha value is -1.33. The number of aryl methyl sites for hydroxylation is 1. The van der Waals surface area contributed by atoms with Gasteiger partial charge in [-0.25, -0.2) is 9.78 Å². The molecule has 5 nitrogen and oxygen atoms in total. The van der Waals surface area contributed by atoms with Crippen molar-refractivity contribution in [3.8, 4) is 0 Å². The van der Waals surface area contributed by atoms with E-state index in [4.69, 9.17) is 22.1 Å². The Morgan fingerprint density at radius 2 is 2.16 bits per heavy atom. The molecule has 1 amide bonds. The van der Waals surface area contributed by atoms with E-state index in [-0.39, 0.29) is 6.54 Å². The van der Waals surface area contributed by atoms with Crippen molar-refractivity contribution in [3.05, 3.63) is 28.5 Å². The Morgan fingerprint density at radius 1 is 1.53 bits per heavy atom. The van der Waals surface area contributed by atoms with Crippen LogP contribution in [0, 0.1) is 6.92 Å². The number of aromatic nitrogens is 1. The minimum atomic E-state index is -0.557. The summed E-state index contributed by atoms with van der Waals surface area (Å²) in [5.41, 5.74) is 6.60. The highest BCUT2D eigenvalue weighted by Gasteiger charge is 2.21. The highest BCUT2D eigenvalue weighted by atomic mass is 35.5. The van der Waals surface area contributed by atoms with Crippen molar-refractivity contribution in [2.45, 2.75) is 39.3 Å². The van der Waals surface area contributed by atoms with E-state index in [0.29, 0.717) is 10.7 Å². The number of alkyl carbamates (subject to hydrolysis) is 1. The van der Waals surface area contributed by atoms with Gasteiger partial charge in [0, 0.05) is 17.8 Å². The summed E-state index contributed by atoms with van der Waals surface area (Å²) in [5, 5.41) is 3.03. The van der Waals surface area contributed by atoms with Crippen molar-refractivity contribution in [3.63, 3.8) is 0 Å². The Balaban J connectivity index is 2.81. The zero-order valence-corrected chi connectivity index (χ0v) is 12.4. The summed E-state index contributed by atoms with van der Waals surface area (Å²) in [6.07, 6.45) is -0.528. The molecule has 3 N–H and O–H groups in total. The minimum absolute atomic E-state index is 0.212. The third-order valence-electron chi connectivity index (χ3n) is 2.32. The van der Waals surface area contributed by atoms with E-state index in [1.165, 1.54) is 0 Å². The molecular formula is C13H20ClN3O2. The van der Waals surface area contributed by atoms with E-state index in [9.17, 15) is 4.79 Å². The van der Waals surface area contributed by atoms with Crippen molar-refractivity contribution in [1.29, 1.82) is 0 Å². The number of hydrogen-bond acceptors (Lipinski definition) is 4. The molecule has 1 heterocycles. The number of carbonyl (C=O) groups excluding carboxylic acids is 1. The van der Waals surface area contributed by atoms with E-state index >= 15 is 0 Å². The monoisotopic (exact) mass is 285 g/mol. The predicted octanol–water partition coefficient (Wildman–Crippen LogP) is 2.57. The number of nitrogens with one attached hydrogen (secondary N) is 1. The molecule has 0 saturated carbocycles. The largest absolute Gasteiger partial charge is 0.444 e. The van der Waals surface area contributed by atoms with Crippen molar-refractivity contribution >= 4 is 17.7 Å². The van der Waals surface area contributed by atoms with E-state index in [2.05, 4.69) is 10.3 Å². The topological polar surface area (TPSA) is 77.2 Å². The van der Waals surface area contributed by atoms with Crippen LogP contribution >= 0.6 is 11.6 Å². The first-order valence-electron chi connectivity index (χ1n) is 6.05. The molecule has 6 heteroatoms. The lowest BCUT2D eigenvalue weighted by Crippen LogP contribution is -2.38. The second-order valence-corrected chi connectivity index (χ2v) is 5.63. The van der Waals surface area contributed by atoms with Gasteiger partial charge in [0.05, 0.1) is 6.04 Å². The van der Waals surface area contributed by atoms with Gasteiger partial charge in [-0.1, -0.05) is 17.7 Å². The molecule has 1 unspecified atom stereocenters. The standard InChI is InChI=1S/C13H20ClN3O2/c1-8-5-6-9(11(14)16-8)10(7-15)17-12(18)19-13(2,3)4/h5-6,10H,7,15H2,1-4H3,(H,17,18). The van der Waals surface area contributed by atoms with Crippen LogP contribution in [0.2, 0.25) is 5.15 Å². The van der Waals surface area contributed by atoms with Gasteiger partial charge in [-0.2, -0.15) is 0 Å². The molecule has 0 fully saturated rings. The Bertz CT molecular complexity index is 458. The van der Waals surface area contributed by atoms with Crippen LogP contribution in [0.25, 0.3) is 0 Å². The molecule has 19 heavy (non-hydrogen) atoms. The first-order valence-corrected chi connectivity index (χ1v) is 6.43. The summed E-state index contributed by atoms with van der Waals surface area (Å²) in [6, 6.07) is 3.20. The lowest BCUT2D eigenvalue weighted by molar-refractivity contribution is 0.0505. The lowest BCUT2D eigenvalue weighted by Gasteiger charge is -2.23.